The predicted octanol–water partition coefficient (Wildman–Crippen LogP) is 5.42. The molecule has 4 amide bonds. The van der Waals surface area contributed by atoms with Crippen LogP contribution in [0.5, 0.6) is 11.5 Å². The third-order valence-corrected chi connectivity index (χ3v) is 12.1. The minimum absolute atomic E-state index is 0.0162. The van der Waals surface area contributed by atoms with Crippen molar-refractivity contribution >= 4 is 35.3 Å². The Morgan fingerprint density at radius 3 is 2.30 bits per heavy atom. The highest BCUT2D eigenvalue weighted by molar-refractivity contribution is 6.23. The minimum Gasteiger partial charge on any atom is -0.490 e. The Balaban J connectivity index is 0.773. The Bertz CT molecular complexity index is 2210. The van der Waals surface area contributed by atoms with E-state index in [9.17, 15) is 19.2 Å². The van der Waals surface area contributed by atoms with Crippen LogP contribution in [0, 0.1) is 5.41 Å². The van der Waals surface area contributed by atoms with Gasteiger partial charge < -0.3 is 24.4 Å². The molecule has 0 bridgehead atoms. The van der Waals surface area contributed by atoms with Crippen LogP contribution in [0.4, 0.5) is 11.6 Å². The molecule has 13 heteroatoms. The number of amides is 4. The fraction of sp³-hybridized carbons (Fsp3) is 0.409. The molecule has 5 aliphatic rings. The van der Waals surface area contributed by atoms with E-state index in [2.05, 4.69) is 58.6 Å². The summed E-state index contributed by atoms with van der Waals surface area (Å²) in [6.07, 6.45) is 5.66. The molecule has 1 aromatic heterocycles. The standard InChI is InChI=1S/C44H46N6O7/c1-43(2,27-6-11-32(12-7-27)56-22-31-18-19-45-42(47-31)49-23-44(24-49)25-55-26-44)28-8-13-33(14-9-28)57-34-5-3-4-29(20-34)46-30-10-15-35-36(21-30)41(54)50(40(35)53)37-16-17-38(51)48-39(37)52/h6-15,18-19,21,29,34,37,46H,3-5,16-17,20,22-26H2,1-2H3,(H,48,51,52)/t29-,34?,37?/m1/s1. The first kappa shape index (κ1) is 36.8. The predicted molar refractivity (Wildman–Crippen MR) is 210 cm³/mol. The highest BCUT2D eigenvalue weighted by Gasteiger charge is 2.50. The topological polar surface area (TPSA) is 152 Å². The molecular formula is C44H46N6O7. The van der Waals surface area contributed by atoms with Gasteiger partial charge in [-0.05, 0) is 85.3 Å². The zero-order valence-corrected chi connectivity index (χ0v) is 32.2. The largest absolute Gasteiger partial charge is 0.490 e. The summed E-state index contributed by atoms with van der Waals surface area (Å²) < 4.78 is 18.0. The maximum atomic E-state index is 13.3. The highest BCUT2D eigenvalue weighted by atomic mass is 16.5. The van der Waals surface area contributed by atoms with Gasteiger partial charge in [-0.25, -0.2) is 9.97 Å². The zero-order valence-electron chi connectivity index (χ0n) is 32.2. The number of rotatable bonds is 11. The molecule has 9 rings (SSSR count). The summed E-state index contributed by atoms with van der Waals surface area (Å²) in [5, 5.41) is 5.79. The van der Waals surface area contributed by atoms with Crippen LogP contribution in [0.15, 0.2) is 79.0 Å². The SMILES string of the molecule is CC(C)(c1ccc(OCc2ccnc(N3CC4(COC4)C3)n2)cc1)c1ccc(OC2CCC[C@@H](Nc3ccc4c(c3)C(=O)N(C3CCC(=O)NC3=O)C4=O)C2)cc1. The molecule has 1 spiro atoms. The lowest BCUT2D eigenvalue weighted by Gasteiger charge is -2.54. The number of hydrogen-bond donors (Lipinski definition) is 2. The summed E-state index contributed by atoms with van der Waals surface area (Å²) in [4.78, 5) is 62.9. The number of piperidine rings is 1. The lowest BCUT2D eigenvalue weighted by Crippen LogP contribution is -2.66. The Hall–Kier alpha value is -5.82. The summed E-state index contributed by atoms with van der Waals surface area (Å²) in [7, 11) is 0. The molecule has 4 aromatic rings. The molecule has 5 heterocycles. The van der Waals surface area contributed by atoms with E-state index in [0.717, 1.165) is 85.7 Å². The molecule has 4 aliphatic heterocycles. The molecule has 0 radical (unpaired) electrons. The Morgan fingerprint density at radius 1 is 0.877 bits per heavy atom. The van der Waals surface area contributed by atoms with Crippen LogP contribution < -0.4 is 25.0 Å². The Kier molecular flexibility index (Phi) is 9.42. The van der Waals surface area contributed by atoms with Crippen molar-refractivity contribution < 1.29 is 33.4 Å². The molecule has 13 nitrogen and oxygen atoms in total. The normalized spacial score (nSPS) is 22.7. The molecule has 2 unspecified atom stereocenters. The molecule has 3 aromatic carbocycles. The summed E-state index contributed by atoms with van der Waals surface area (Å²) >= 11 is 0. The van der Waals surface area contributed by atoms with Gasteiger partial charge in [-0.1, -0.05) is 38.1 Å². The van der Waals surface area contributed by atoms with E-state index in [1.54, 1.807) is 24.4 Å². The second-order valence-electron chi connectivity index (χ2n) is 16.6. The molecule has 294 valence electrons. The van der Waals surface area contributed by atoms with Gasteiger partial charge >= 0.3 is 0 Å². The number of carbonyl (C=O) groups excluding carboxylic acids is 4. The maximum absolute atomic E-state index is 13.3. The van der Waals surface area contributed by atoms with E-state index in [1.807, 2.05) is 30.3 Å². The average Bonchev–Trinajstić information content (AvgIpc) is 3.41. The fourth-order valence-corrected chi connectivity index (χ4v) is 8.71. The van der Waals surface area contributed by atoms with Crippen molar-refractivity contribution in [2.75, 3.05) is 36.5 Å². The molecule has 3 saturated heterocycles. The lowest BCUT2D eigenvalue weighted by atomic mass is 9.78. The van der Waals surface area contributed by atoms with Gasteiger partial charge in [0.1, 0.15) is 30.3 Å². The van der Waals surface area contributed by atoms with Gasteiger partial charge in [0.25, 0.3) is 11.8 Å². The van der Waals surface area contributed by atoms with E-state index in [0.29, 0.717) is 12.0 Å². The number of fused-ring (bicyclic) bond motifs is 1. The van der Waals surface area contributed by atoms with Crippen molar-refractivity contribution in [3.05, 3.63) is 107 Å². The van der Waals surface area contributed by atoms with E-state index < -0.39 is 29.7 Å². The highest BCUT2D eigenvalue weighted by Crippen LogP contribution is 2.39. The van der Waals surface area contributed by atoms with Crippen LogP contribution in [0.25, 0.3) is 0 Å². The molecule has 1 saturated carbocycles. The van der Waals surface area contributed by atoms with E-state index in [-0.39, 0.29) is 41.5 Å². The number of nitrogens with one attached hydrogen (secondary N) is 2. The monoisotopic (exact) mass is 770 g/mol. The molecule has 1 aliphatic carbocycles. The third-order valence-electron chi connectivity index (χ3n) is 12.1. The molecular weight excluding hydrogens is 725 g/mol. The van der Waals surface area contributed by atoms with Crippen LogP contribution in [0.3, 0.4) is 0 Å². The smallest absolute Gasteiger partial charge is 0.262 e. The number of anilines is 2. The third kappa shape index (κ3) is 7.20. The lowest BCUT2D eigenvalue weighted by molar-refractivity contribution is -0.136. The average molecular weight is 771 g/mol. The van der Waals surface area contributed by atoms with Crippen molar-refractivity contribution in [2.24, 2.45) is 5.41 Å². The first-order chi connectivity index (χ1) is 27.5. The zero-order chi connectivity index (χ0) is 39.3. The van der Waals surface area contributed by atoms with Crippen LogP contribution in [-0.4, -0.2) is 83.0 Å². The number of nitrogens with zero attached hydrogens (tertiary/aromatic N) is 4. The molecule has 3 atom stereocenters. The van der Waals surface area contributed by atoms with E-state index >= 15 is 0 Å². The number of imide groups is 2. The molecule has 2 N–H and O–H groups in total. The maximum Gasteiger partial charge on any atom is 0.262 e. The summed E-state index contributed by atoms with van der Waals surface area (Å²) in [5.74, 6) is 0.306. The summed E-state index contributed by atoms with van der Waals surface area (Å²) in [5.41, 5.74) is 4.49. The van der Waals surface area contributed by atoms with Crippen molar-refractivity contribution in [3.63, 3.8) is 0 Å². The van der Waals surface area contributed by atoms with Gasteiger partial charge in [0.05, 0.1) is 35.4 Å². The Morgan fingerprint density at radius 2 is 1.60 bits per heavy atom. The van der Waals surface area contributed by atoms with Crippen molar-refractivity contribution in [1.82, 2.24) is 20.2 Å². The Labute approximate surface area is 331 Å². The van der Waals surface area contributed by atoms with Crippen LogP contribution >= 0.6 is 0 Å². The van der Waals surface area contributed by atoms with Crippen LogP contribution in [0.2, 0.25) is 0 Å². The first-order valence-electron chi connectivity index (χ1n) is 19.8. The van der Waals surface area contributed by atoms with Gasteiger partial charge in [0.2, 0.25) is 17.8 Å². The van der Waals surface area contributed by atoms with Gasteiger partial charge in [-0.2, -0.15) is 0 Å². The van der Waals surface area contributed by atoms with Crippen molar-refractivity contribution in [1.29, 1.82) is 0 Å². The fourth-order valence-electron chi connectivity index (χ4n) is 8.71. The van der Waals surface area contributed by atoms with Gasteiger partial charge in [-0.15, -0.1) is 0 Å². The van der Waals surface area contributed by atoms with Crippen molar-refractivity contribution in [2.45, 2.75) is 82.6 Å². The second kappa shape index (κ2) is 14.6. The van der Waals surface area contributed by atoms with Gasteiger partial charge in [-0.3, -0.25) is 29.4 Å². The molecule has 4 fully saturated rings. The van der Waals surface area contributed by atoms with Crippen molar-refractivity contribution in [3.8, 4) is 11.5 Å². The molecule has 57 heavy (non-hydrogen) atoms. The van der Waals surface area contributed by atoms with Crippen LogP contribution in [-0.2, 0) is 26.3 Å². The summed E-state index contributed by atoms with van der Waals surface area (Å²) in [6, 6.07) is 22.7. The van der Waals surface area contributed by atoms with E-state index in [4.69, 9.17) is 19.2 Å². The number of ether oxygens (including phenoxy) is 3. The van der Waals surface area contributed by atoms with Crippen LogP contribution in [0.1, 0.15) is 89.9 Å². The van der Waals surface area contributed by atoms with E-state index in [1.165, 1.54) is 11.1 Å². The van der Waals surface area contributed by atoms with Gasteiger partial charge in [0, 0.05) is 49.3 Å². The minimum atomic E-state index is -0.988. The summed E-state index contributed by atoms with van der Waals surface area (Å²) in [6.45, 7) is 8.33. The number of aromatic nitrogens is 2. The first-order valence-corrected chi connectivity index (χ1v) is 19.8. The quantitative estimate of drug-likeness (QED) is 0.188. The van der Waals surface area contributed by atoms with Gasteiger partial charge in [0.15, 0.2) is 0 Å². The number of carbonyl (C=O) groups is 4. The second-order valence-corrected chi connectivity index (χ2v) is 16.6. The number of hydrogen-bond acceptors (Lipinski definition) is 11. The number of benzene rings is 3.